The molecule has 0 saturated carbocycles. The number of oxazole rings is 1. The largest absolute Gasteiger partial charge is 0.459 e. The number of carbonyl (C=O) groups excluding carboxylic acids is 2. The summed E-state index contributed by atoms with van der Waals surface area (Å²) in [6.45, 7) is 5.67. The number of hydrogen-bond acceptors (Lipinski definition) is 6. The zero-order chi connectivity index (χ0) is 19.9. The number of carbonyl (C=O) groups is 2. The predicted octanol–water partition coefficient (Wildman–Crippen LogP) is 2.64. The Morgan fingerprint density at radius 1 is 1.32 bits per heavy atom. The van der Waals surface area contributed by atoms with E-state index in [4.69, 9.17) is 9.15 Å². The number of ether oxygens (including phenoxy) is 1. The normalized spacial score (nSPS) is 17.9. The minimum absolute atomic E-state index is 0.124. The van der Waals surface area contributed by atoms with E-state index in [9.17, 15) is 9.59 Å². The molecular formula is C21H27N3O4. The molecule has 0 radical (unpaired) electrons. The van der Waals surface area contributed by atoms with E-state index < -0.39 is 17.9 Å². The molecule has 2 heterocycles. The van der Waals surface area contributed by atoms with E-state index in [1.165, 1.54) is 6.26 Å². The number of benzene rings is 1. The standard InChI is InChI=1S/C21H27N3O4/c1-14(2)18(21(26)28-12-15-7-4-3-5-8-15)24-19(25)17-13-27-20(23-17)16-9-6-10-22-11-16/h3-5,7-8,13-14,16,18,22H,6,9-12H2,1-2H3,(H,24,25). The van der Waals surface area contributed by atoms with Crippen molar-refractivity contribution in [1.29, 1.82) is 0 Å². The molecule has 2 unspecified atom stereocenters. The van der Waals surface area contributed by atoms with Crippen LogP contribution in [0.3, 0.4) is 0 Å². The van der Waals surface area contributed by atoms with Crippen molar-refractivity contribution in [3.05, 3.63) is 53.7 Å². The van der Waals surface area contributed by atoms with Gasteiger partial charge in [-0.05, 0) is 30.9 Å². The van der Waals surface area contributed by atoms with Crippen molar-refractivity contribution in [2.75, 3.05) is 13.1 Å². The number of esters is 1. The fourth-order valence-corrected chi connectivity index (χ4v) is 3.17. The minimum Gasteiger partial charge on any atom is -0.459 e. The van der Waals surface area contributed by atoms with Gasteiger partial charge >= 0.3 is 5.97 Å². The number of aromatic nitrogens is 1. The molecule has 1 saturated heterocycles. The maximum absolute atomic E-state index is 12.6. The number of hydrogen-bond donors (Lipinski definition) is 2. The Morgan fingerprint density at radius 3 is 2.79 bits per heavy atom. The molecule has 1 amide bonds. The molecule has 0 spiro atoms. The average molecular weight is 385 g/mol. The first-order valence-corrected chi connectivity index (χ1v) is 9.72. The van der Waals surface area contributed by atoms with Crippen molar-refractivity contribution < 1.29 is 18.7 Å². The van der Waals surface area contributed by atoms with Crippen molar-refractivity contribution in [2.45, 2.75) is 45.3 Å². The highest BCUT2D eigenvalue weighted by Crippen LogP contribution is 2.22. The van der Waals surface area contributed by atoms with Gasteiger partial charge in [0.15, 0.2) is 11.6 Å². The second kappa shape index (κ2) is 9.50. The van der Waals surface area contributed by atoms with Gasteiger partial charge in [-0.1, -0.05) is 44.2 Å². The van der Waals surface area contributed by atoms with Crippen LogP contribution in [0.2, 0.25) is 0 Å². The second-order valence-corrected chi connectivity index (χ2v) is 7.40. The first kappa shape index (κ1) is 20.1. The number of nitrogens with zero attached hydrogens (tertiary/aromatic N) is 1. The lowest BCUT2D eigenvalue weighted by atomic mass is 10.00. The van der Waals surface area contributed by atoms with Crippen molar-refractivity contribution >= 4 is 11.9 Å². The van der Waals surface area contributed by atoms with Crippen LogP contribution in [0.1, 0.15) is 54.5 Å². The van der Waals surface area contributed by atoms with Gasteiger partial charge in [0.2, 0.25) is 0 Å². The van der Waals surface area contributed by atoms with E-state index in [1.807, 2.05) is 44.2 Å². The lowest BCUT2D eigenvalue weighted by Crippen LogP contribution is -2.45. The van der Waals surface area contributed by atoms with Gasteiger partial charge in [-0.25, -0.2) is 9.78 Å². The molecule has 0 aliphatic carbocycles. The van der Waals surface area contributed by atoms with Crippen molar-refractivity contribution in [1.82, 2.24) is 15.6 Å². The fourth-order valence-electron chi connectivity index (χ4n) is 3.17. The summed E-state index contributed by atoms with van der Waals surface area (Å²) in [5.74, 6) is -0.292. The zero-order valence-corrected chi connectivity index (χ0v) is 16.3. The Morgan fingerprint density at radius 2 is 2.11 bits per heavy atom. The molecular weight excluding hydrogens is 358 g/mol. The van der Waals surface area contributed by atoms with Crippen LogP contribution in [0.25, 0.3) is 0 Å². The van der Waals surface area contributed by atoms with Gasteiger partial charge in [0.1, 0.15) is 18.9 Å². The summed E-state index contributed by atoms with van der Waals surface area (Å²) in [6.07, 6.45) is 3.39. The lowest BCUT2D eigenvalue weighted by molar-refractivity contribution is -0.148. The smallest absolute Gasteiger partial charge is 0.329 e. The number of piperidine rings is 1. The molecule has 0 bridgehead atoms. The third-order valence-electron chi connectivity index (χ3n) is 4.83. The Hall–Kier alpha value is -2.67. The highest BCUT2D eigenvalue weighted by Gasteiger charge is 2.28. The quantitative estimate of drug-likeness (QED) is 0.712. The molecule has 1 aromatic carbocycles. The molecule has 1 fully saturated rings. The monoisotopic (exact) mass is 385 g/mol. The summed E-state index contributed by atoms with van der Waals surface area (Å²) < 4.78 is 10.9. The summed E-state index contributed by atoms with van der Waals surface area (Å²) >= 11 is 0. The van der Waals surface area contributed by atoms with E-state index >= 15 is 0 Å². The van der Waals surface area contributed by atoms with Crippen LogP contribution in [-0.4, -0.2) is 36.0 Å². The van der Waals surface area contributed by atoms with E-state index in [2.05, 4.69) is 15.6 Å². The van der Waals surface area contributed by atoms with Gasteiger partial charge in [-0.15, -0.1) is 0 Å². The highest BCUT2D eigenvalue weighted by molar-refractivity contribution is 5.95. The SMILES string of the molecule is CC(C)C(NC(=O)c1coc(C2CCCNC2)n1)C(=O)OCc1ccccc1. The first-order valence-electron chi connectivity index (χ1n) is 9.72. The van der Waals surface area contributed by atoms with E-state index in [0.717, 1.165) is 31.5 Å². The predicted molar refractivity (Wildman–Crippen MR) is 104 cm³/mol. The first-order chi connectivity index (χ1) is 13.5. The Bertz CT molecular complexity index is 782. The van der Waals surface area contributed by atoms with Crippen LogP contribution in [0.5, 0.6) is 0 Å². The molecule has 1 aromatic heterocycles. The molecule has 2 atom stereocenters. The van der Waals surface area contributed by atoms with Gasteiger partial charge in [-0.3, -0.25) is 4.79 Å². The maximum Gasteiger partial charge on any atom is 0.329 e. The Kier molecular flexibility index (Phi) is 6.81. The van der Waals surface area contributed by atoms with Gasteiger partial charge in [0.05, 0.1) is 0 Å². The van der Waals surface area contributed by atoms with Gasteiger partial charge in [0, 0.05) is 12.5 Å². The second-order valence-electron chi connectivity index (χ2n) is 7.40. The summed E-state index contributed by atoms with van der Waals surface area (Å²) in [5, 5.41) is 6.03. The van der Waals surface area contributed by atoms with E-state index in [-0.39, 0.29) is 24.1 Å². The summed E-state index contributed by atoms with van der Waals surface area (Å²) in [6, 6.07) is 8.68. The lowest BCUT2D eigenvalue weighted by Gasteiger charge is -2.20. The van der Waals surface area contributed by atoms with Crippen molar-refractivity contribution in [3.63, 3.8) is 0 Å². The van der Waals surface area contributed by atoms with Gasteiger partial charge in [0.25, 0.3) is 5.91 Å². The van der Waals surface area contributed by atoms with Crippen molar-refractivity contribution in [3.8, 4) is 0 Å². The van der Waals surface area contributed by atoms with Crippen LogP contribution >= 0.6 is 0 Å². The minimum atomic E-state index is -0.757. The van der Waals surface area contributed by atoms with Crippen LogP contribution in [0.15, 0.2) is 41.0 Å². The number of amides is 1. The van der Waals surface area contributed by atoms with Crippen LogP contribution in [0, 0.1) is 5.92 Å². The summed E-state index contributed by atoms with van der Waals surface area (Å²) in [7, 11) is 0. The molecule has 28 heavy (non-hydrogen) atoms. The average Bonchev–Trinajstić information content (AvgIpc) is 3.22. The molecule has 150 valence electrons. The molecule has 7 heteroatoms. The maximum atomic E-state index is 12.6. The number of rotatable bonds is 7. The van der Waals surface area contributed by atoms with E-state index in [0.29, 0.717) is 5.89 Å². The molecule has 1 aliphatic heterocycles. The Balaban J connectivity index is 1.59. The summed E-state index contributed by atoms with van der Waals surface area (Å²) in [4.78, 5) is 29.4. The van der Waals surface area contributed by atoms with Crippen molar-refractivity contribution in [2.24, 2.45) is 5.92 Å². The molecule has 7 nitrogen and oxygen atoms in total. The van der Waals surface area contributed by atoms with E-state index in [1.54, 1.807) is 0 Å². The van der Waals surface area contributed by atoms with Crippen LogP contribution in [-0.2, 0) is 16.1 Å². The number of nitrogens with one attached hydrogen (secondary N) is 2. The highest BCUT2D eigenvalue weighted by atomic mass is 16.5. The molecule has 2 N–H and O–H groups in total. The van der Waals surface area contributed by atoms with Crippen LogP contribution in [0.4, 0.5) is 0 Å². The zero-order valence-electron chi connectivity index (χ0n) is 16.3. The van der Waals surface area contributed by atoms with Crippen LogP contribution < -0.4 is 10.6 Å². The van der Waals surface area contributed by atoms with Gasteiger partial charge in [-0.2, -0.15) is 0 Å². The topological polar surface area (TPSA) is 93.5 Å². The molecule has 3 rings (SSSR count). The third-order valence-corrected chi connectivity index (χ3v) is 4.83. The molecule has 2 aromatic rings. The summed E-state index contributed by atoms with van der Waals surface area (Å²) in [5.41, 5.74) is 1.08. The fraction of sp³-hybridized carbons (Fsp3) is 0.476. The third kappa shape index (κ3) is 5.19. The Labute approximate surface area is 164 Å². The van der Waals surface area contributed by atoms with Gasteiger partial charge < -0.3 is 19.8 Å². The molecule has 1 aliphatic rings.